The Kier molecular flexibility index (Phi) is 7.33. The lowest BCUT2D eigenvalue weighted by Crippen LogP contribution is -2.46. The normalized spacial score (nSPS) is 15.7. The van der Waals surface area contributed by atoms with Crippen molar-refractivity contribution in [3.63, 3.8) is 0 Å². The Morgan fingerprint density at radius 2 is 1.88 bits per heavy atom. The summed E-state index contributed by atoms with van der Waals surface area (Å²) in [6, 6.07) is 21.3. The second kappa shape index (κ2) is 10.8. The summed E-state index contributed by atoms with van der Waals surface area (Å²) < 4.78 is 5.95. The summed E-state index contributed by atoms with van der Waals surface area (Å²) in [5, 5.41) is 8.93. The molecule has 6 nitrogen and oxygen atoms in total. The summed E-state index contributed by atoms with van der Waals surface area (Å²) >= 11 is 0. The standard InChI is InChI=1S/C27H28N4O2/c1-30(27(32)24-5-2-15-29-20-24)26-6-3-16-31(26)17-4-18-33-25-13-11-23(12-14-25)22-9-7-21(19-28)8-10-22/h2,5,7-15,20,26H,3-4,6,16-18H2,1H3. The van der Waals surface area contributed by atoms with Gasteiger partial charge in [0, 0.05) is 32.5 Å². The van der Waals surface area contributed by atoms with Crippen molar-refractivity contribution < 1.29 is 9.53 Å². The van der Waals surface area contributed by atoms with Gasteiger partial charge in [0.2, 0.25) is 0 Å². The van der Waals surface area contributed by atoms with Crippen LogP contribution in [0.1, 0.15) is 35.2 Å². The van der Waals surface area contributed by atoms with Crippen LogP contribution in [-0.2, 0) is 0 Å². The van der Waals surface area contributed by atoms with Gasteiger partial charge in [0.1, 0.15) is 5.75 Å². The van der Waals surface area contributed by atoms with Gasteiger partial charge in [-0.25, -0.2) is 0 Å². The molecule has 1 amide bonds. The Morgan fingerprint density at radius 3 is 2.55 bits per heavy atom. The molecule has 1 aliphatic rings. The van der Waals surface area contributed by atoms with Gasteiger partial charge in [-0.3, -0.25) is 14.7 Å². The Labute approximate surface area is 195 Å². The molecule has 1 atom stereocenters. The molecular formula is C27H28N4O2. The monoisotopic (exact) mass is 440 g/mol. The largest absolute Gasteiger partial charge is 0.494 e. The zero-order valence-corrected chi connectivity index (χ0v) is 18.9. The number of amides is 1. The molecule has 168 valence electrons. The van der Waals surface area contributed by atoms with Crippen LogP contribution in [0.5, 0.6) is 5.75 Å². The molecule has 33 heavy (non-hydrogen) atoms. The van der Waals surface area contributed by atoms with E-state index in [1.54, 1.807) is 18.5 Å². The molecule has 0 N–H and O–H groups in total. The Morgan fingerprint density at radius 1 is 1.15 bits per heavy atom. The fourth-order valence-electron chi connectivity index (χ4n) is 4.27. The van der Waals surface area contributed by atoms with Crippen molar-refractivity contribution in [2.24, 2.45) is 0 Å². The van der Waals surface area contributed by atoms with Gasteiger partial charge >= 0.3 is 0 Å². The summed E-state index contributed by atoms with van der Waals surface area (Å²) in [5.41, 5.74) is 3.45. The van der Waals surface area contributed by atoms with Crippen LogP contribution in [0.2, 0.25) is 0 Å². The van der Waals surface area contributed by atoms with E-state index in [9.17, 15) is 4.79 Å². The highest BCUT2D eigenvalue weighted by atomic mass is 16.5. The molecule has 0 spiro atoms. The van der Waals surface area contributed by atoms with E-state index in [0.29, 0.717) is 17.7 Å². The fourth-order valence-corrected chi connectivity index (χ4v) is 4.27. The summed E-state index contributed by atoms with van der Waals surface area (Å²) in [6.07, 6.45) is 6.39. The lowest BCUT2D eigenvalue weighted by Gasteiger charge is -2.32. The van der Waals surface area contributed by atoms with Crippen LogP contribution in [0.15, 0.2) is 73.1 Å². The maximum atomic E-state index is 12.8. The zero-order valence-electron chi connectivity index (χ0n) is 18.9. The lowest BCUT2D eigenvalue weighted by atomic mass is 10.0. The van der Waals surface area contributed by atoms with Crippen LogP contribution in [-0.4, -0.2) is 53.6 Å². The van der Waals surface area contributed by atoms with Gasteiger partial charge in [-0.1, -0.05) is 24.3 Å². The highest BCUT2D eigenvalue weighted by molar-refractivity contribution is 5.93. The highest BCUT2D eigenvalue weighted by Crippen LogP contribution is 2.24. The number of carbonyl (C=O) groups excluding carboxylic acids is 1. The predicted molar refractivity (Wildman–Crippen MR) is 128 cm³/mol. The van der Waals surface area contributed by atoms with E-state index < -0.39 is 0 Å². The minimum absolute atomic E-state index is 0.0126. The van der Waals surface area contributed by atoms with Crippen LogP contribution in [0, 0.1) is 11.3 Å². The van der Waals surface area contributed by atoms with Crippen molar-refractivity contribution >= 4 is 5.91 Å². The SMILES string of the molecule is CN(C(=O)c1cccnc1)C1CCCN1CCCOc1ccc(-c2ccc(C#N)cc2)cc1. The number of ether oxygens (including phenoxy) is 1. The first-order valence-electron chi connectivity index (χ1n) is 11.3. The van der Waals surface area contributed by atoms with Crippen molar-refractivity contribution in [3.05, 3.63) is 84.2 Å². The van der Waals surface area contributed by atoms with Crippen molar-refractivity contribution in [2.75, 3.05) is 26.7 Å². The molecule has 3 aromatic rings. The van der Waals surface area contributed by atoms with Gasteiger partial charge in [-0.2, -0.15) is 5.26 Å². The van der Waals surface area contributed by atoms with Crippen LogP contribution in [0.3, 0.4) is 0 Å². The van der Waals surface area contributed by atoms with Crippen molar-refractivity contribution in [1.82, 2.24) is 14.8 Å². The van der Waals surface area contributed by atoms with Crippen LogP contribution in [0.25, 0.3) is 11.1 Å². The molecule has 2 aromatic carbocycles. The number of hydrogen-bond acceptors (Lipinski definition) is 5. The lowest BCUT2D eigenvalue weighted by molar-refractivity contribution is 0.0525. The molecule has 1 fully saturated rings. The second-order valence-electron chi connectivity index (χ2n) is 8.23. The molecule has 0 radical (unpaired) electrons. The number of likely N-dealkylation sites (tertiary alicyclic amines) is 1. The van der Waals surface area contributed by atoms with Gasteiger partial charge in [-0.15, -0.1) is 0 Å². The summed E-state index contributed by atoms with van der Waals surface area (Å²) in [5.74, 6) is 0.854. The fraction of sp³-hybridized carbons (Fsp3) is 0.296. The van der Waals surface area contributed by atoms with Crippen molar-refractivity contribution in [1.29, 1.82) is 5.26 Å². The third-order valence-corrected chi connectivity index (χ3v) is 6.07. The number of rotatable bonds is 8. The summed E-state index contributed by atoms with van der Waals surface area (Å²) in [6.45, 7) is 2.51. The molecule has 2 heterocycles. The molecule has 6 heteroatoms. The number of benzene rings is 2. The second-order valence-corrected chi connectivity index (χ2v) is 8.23. The first kappa shape index (κ1) is 22.5. The third-order valence-electron chi connectivity index (χ3n) is 6.07. The van der Waals surface area contributed by atoms with Crippen LogP contribution in [0.4, 0.5) is 0 Å². The molecule has 1 unspecified atom stereocenters. The van der Waals surface area contributed by atoms with Gasteiger partial charge in [0.15, 0.2) is 0 Å². The minimum atomic E-state index is 0.0126. The summed E-state index contributed by atoms with van der Waals surface area (Å²) in [4.78, 5) is 21.0. The molecule has 0 saturated carbocycles. The highest BCUT2D eigenvalue weighted by Gasteiger charge is 2.30. The van der Waals surface area contributed by atoms with E-state index >= 15 is 0 Å². The van der Waals surface area contributed by atoms with Crippen LogP contribution < -0.4 is 4.74 Å². The molecule has 4 rings (SSSR count). The maximum Gasteiger partial charge on any atom is 0.256 e. The Bertz CT molecular complexity index is 1090. The minimum Gasteiger partial charge on any atom is -0.494 e. The molecule has 0 bridgehead atoms. The van der Waals surface area contributed by atoms with E-state index in [1.165, 1.54) is 0 Å². The topological polar surface area (TPSA) is 69.5 Å². The molecule has 0 aliphatic carbocycles. The van der Waals surface area contributed by atoms with E-state index in [4.69, 9.17) is 10.00 Å². The Hall–Kier alpha value is -3.69. The van der Waals surface area contributed by atoms with Gasteiger partial charge in [0.25, 0.3) is 5.91 Å². The molecule has 1 aromatic heterocycles. The zero-order chi connectivity index (χ0) is 23.0. The van der Waals surface area contributed by atoms with E-state index in [0.717, 1.165) is 49.2 Å². The van der Waals surface area contributed by atoms with E-state index in [-0.39, 0.29) is 12.1 Å². The van der Waals surface area contributed by atoms with Crippen molar-refractivity contribution in [2.45, 2.75) is 25.4 Å². The number of aromatic nitrogens is 1. The molecular weight excluding hydrogens is 412 g/mol. The van der Waals surface area contributed by atoms with Gasteiger partial charge in [0.05, 0.1) is 30.0 Å². The smallest absolute Gasteiger partial charge is 0.256 e. The van der Waals surface area contributed by atoms with Crippen molar-refractivity contribution in [3.8, 4) is 22.9 Å². The number of hydrogen-bond donors (Lipinski definition) is 0. The summed E-state index contributed by atoms with van der Waals surface area (Å²) in [7, 11) is 1.88. The first-order chi connectivity index (χ1) is 16.2. The predicted octanol–water partition coefficient (Wildman–Crippen LogP) is 4.58. The number of nitrogens with zero attached hydrogens (tertiary/aromatic N) is 4. The average molecular weight is 441 g/mol. The number of carbonyl (C=O) groups is 1. The van der Waals surface area contributed by atoms with Crippen LogP contribution >= 0.6 is 0 Å². The number of pyridine rings is 1. The average Bonchev–Trinajstić information content (AvgIpc) is 3.35. The van der Waals surface area contributed by atoms with E-state index in [1.807, 2.05) is 66.5 Å². The molecule has 1 saturated heterocycles. The Balaban J connectivity index is 1.25. The van der Waals surface area contributed by atoms with Gasteiger partial charge in [-0.05, 0) is 66.8 Å². The van der Waals surface area contributed by atoms with Gasteiger partial charge < -0.3 is 9.64 Å². The third kappa shape index (κ3) is 5.57. The quantitative estimate of drug-likeness (QED) is 0.480. The maximum absolute atomic E-state index is 12.8. The van der Waals surface area contributed by atoms with E-state index in [2.05, 4.69) is 16.0 Å². The first-order valence-corrected chi connectivity index (χ1v) is 11.3. The molecule has 1 aliphatic heterocycles. The number of nitriles is 1.